The first kappa shape index (κ1) is 24.6. The Labute approximate surface area is 198 Å². The van der Waals surface area contributed by atoms with Crippen molar-refractivity contribution < 1.29 is 14.4 Å². The lowest BCUT2D eigenvalue weighted by Gasteiger charge is -2.28. The van der Waals surface area contributed by atoms with Gasteiger partial charge in [-0.05, 0) is 43.2 Å². The highest BCUT2D eigenvalue weighted by Gasteiger charge is 2.31. The van der Waals surface area contributed by atoms with Gasteiger partial charge >= 0.3 is 0 Å². The first-order chi connectivity index (χ1) is 15.6. The van der Waals surface area contributed by atoms with Gasteiger partial charge in [-0.15, -0.1) is 0 Å². The average molecular weight is 472 g/mol. The molecular weight excluding hydrogens is 442 g/mol. The van der Waals surface area contributed by atoms with E-state index in [1.54, 1.807) is 18.2 Å². The van der Waals surface area contributed by atoms with E-state index in [1.807, 2.05) is 26.8 Å². The molecule has 3 amide bonds. The molecule has 4 N–H and O–H groups in total. The van der Waals surface area contributed by atoms with Crippen molar-refractivity contribution in [3.63, 3.8) is 0 Å². The highest BCUT2D eigenvalue weighted by molar-refractivity contribution is 6.35. The van der Waals surface area contributed by atoms with Crippen molar-refractivity contribution in [2.45, 2.75) is 58.5 Å². The smallest absolute Gasteiger partial charge is 0.268 e. The van der Waals surface area contributed by atoms with Crippen LogP contribution in [0.4, 0.5) is 0 Å². The molecule has 1 fully saturated rings. The lowest BCUT2D eigenvalue weighted by molar-refractivity contribution is -0.128. The van der Waals surface area contributed by atoms with Crippen molar-refractivity contribution in [2.24, 2.45) is 11.3 Å². The second-order valence-electron chi connectivity index (χ2n) is 9.73. The van der Waals surface area contributed by atoms with Gasteiger partial charge in [-0.1, -0.05) is 44.5 Å². The summed E-state index contributed by atoms with van der Waals surface area (Å²) in [5, 5.41) is 19.2. The van der Waals surface area contributed by atoms with Crippen LogP contribution in [0.15, 0.2) is 24.3 Å². The van der Waals surface area contributed by atoms with Crippen LogP contribution in [-0.4, -0.2) is 41.3 Å². The van der Waals surface area contributed by atoms with Gasteiger partial charge in [0.25, 0.3) is 5.91 Å². The predicted octanol–water partition coefficient (Wildman–Crippen LogP) is 3.28. The zero-order valence-electron chi connectivity index (χ0n) is 19.1. The number of nitrogens with one attached hydrogen (secondary N) is 4. The van der Waals surface area contributed by atoms with Gasteiger partial charge < -0.3 is 20.9 Å². The van der Waals surface area contributed by atoms with Gasteiger partial charge in [0.05, 0.1) is 16.6 Å². The molecule has 1 aromatic carbocycles. The summed E-state index contributed by atoms with van der Waals surface area (Å²) in [5.41, 5.74) is 0.682. The number of benzene rings is 1. The van der Waals surface area contributed by atoms with Crippen molar-refractivity contribution in [2.75, 3.05) is 6.54 Å². The van der Waals surface area contributed by atoms with E-state index in [4.69, 9.17) is 11.6 Å². The minimum absolute atomic E-state index is 0.0900. The molecule has 0 spiro atoms. The summed E-state index contributed by atoms with van der Waals surface area (Å²) in [6.07, 6.45) is 2.14. The van der Waals surface area contributed by atoms with Gasteiger partial charge in [0, 0.05) is 17.8 Å². The third-order valence-electron chi connectivity index (χ3n) is 5.68. The number of para-hydroxylation sites is 1. The number of halogens is 1. The van der Waals surface area contributed by atoms with Crippen LogP contribution >= 0.6 is 11.6 Å². The quantitative estimate of drug-likeness (QED) is 0.494. The number of piperidine rings is 1. The summed E-state index contributed by atoms with van der Waals surface area (Å²) in [4.78, 5) is 41.1. The standard InChI is InChI=1S/C24H30ClN5O3/c1-24(2,3)12-19(23(33)28-16(13-26)10-15-7-5-9-27-21(15)31)30-22(32)18-11-14-6-4-8-17(25)20(14)29-18/h4,6,8,11,15-16,19,29H,5,7,9-10,12H2,1-3H3,(H,27,31)(H,28,33)(H,30,32)/t15-,16?,19?/m0/s1. The summed E-state index contributed by atoms with van der Waals surface area (Å²) >= 11 is 6.20. The normalized spacial score (nSPS) is 18.2. The number of hydrogen-bond donors (Lipinski definition) is 4. The molecule has 2 unspecified atom stereocenters. The molecule has 2 heterocycles. The third kappa shape index (κ3) is 6.48. The second-order valence-corrected chi connectivity index (χ2v) is 10.1. The topological polar surface area (TPSA) is 127 Å². The van der Waals surface area contributed by atoms with E-state index in [0.29, 0.717) is 35.6 Å². The Kier molecular flexibility index (Phi) is 7.65. The predicted molar refractivity (Wildman–Crippen MR) is 127 cm³/mol. The monoisotopic (exact) mass is 471 g/mol. The molecule has 176 valence electrons. The van der Waals surface area contributed by atoms with Gasteiger partial charge in [0.2, 0.25) is 11.8 Å². The zero-order valence-corrected chi connectivity index (χ0v) is 19.9. The van der Waals surface area contributed by atoms with E-state index >= 15 is 0 Å². The third-order valence-corrected chi connectivity index (χ3v) is 6.00. The first-order valence-electron chi connectivity index (χ1n) is 11.1. The Balaban J connectivity index is 1.72. The van der Waals surface area contributed by atoms with Crippen molar-refractivity contribution in [1.82, 2.24) is 20.9 Å². The van der Waals surface area contributed by atoms with E-state index < -0.39 is 23.9 Å². The largest absolute Gasteiger partial charge is 0.356 e. The van der Waals surface area contributed by atoms with Crippen LogP contribution < -0.4 is 16.0 Å². The molecule has 2 aromatic rings. The highest BCUT2D eigenvalue weighted by atomic mass is 35.5. The molecule has 33 heavy (non-hydrogen) atoms. The Bertz CT molecular complexity index is 1080. The van der Waals surface area contributed by atoms with Crippen LogP contribution in [0.2, 0.25) is 5.02 Å². The number of aromatic nitrogens is 1. The van der Waals surface area contributed by atoms with Crippen LogP contribution in [0.5, 0.6) is 0 Å². The molecule has 8 nitrogen and oxygen atoms in total. The van der Waals surface area contributed by atoms with Gasteiger partial charge in [-0.25, -0.2) is 0 Å². The van der Waals surface area contributed by atoms with Gasteiger partial charge in [-0.3, -0.25) is 14.4 Å². The molecule has 1 aliphatic heterocycles. The summed E-state index contributed by atoms with van der Waals surface area (Å²) in [5.74, 6) is -1.29. The number of aromatic amines is 1. The highest BCUT2D eigenvalue weighted by Crippen LogP contribution is 2.25. The number of amides is 3. The van der Waals surface area contributed by atoms with Crippen LogP contribution in [0, 0.1) is 22.7 Å². The minimum Gasteiger partial charge on any atom is -0.356 e. The van der Waals surface area contributed by atoms with Gasteiger partial charge in [0.15, 0.2) is 0 Å². The maximum absolute atomic E-state index is 13.1. The zero-order chi connectivity index (χ0) is 24.2. The Morgan fingerprint density at radius 1 is 1.30 bits per heavy atom. The average Bonchev–Trinajstić information content (AvgIpc) is 3.19. The second kappa shape index (κ2) is 10.3. The minimum atomic E-state index is -0.851. The van der Waals surface area contributed by atoms with Crippen molar-refractivity contribution in [1.29, 1.82) is 5.26 Å². The molecule has 9 heteroatoms. The molecule has 0 aliphatic carbocycles. The molecule has 0 saturated carbocycles. The fourth-order valence-corrected chi connectivity index (χ4v) is 4.29. The Hall–Kier alpha value is -3.05. The fraction of sp³-hybridized carbons (Fsp3) is 0.500. The molecule has 1 saturated heterocycles. The van der Waals surface area contributed by atoms with E-state index in [2.05, 4.69) is 27.0 Å². The van der Waals surface area contributed by atoms with Crippen LogP contribution in [0.3, 0.4) is 0 Å². The molecule has 3 atom stereocenters. The van der Waals surface area contributed by atoms with E-state index in [0.717, 1.165) is 11.8 Å². The lowest BCUT2D eigenvalue weighted by Crippen LogP contribution is -2.51. The first-order valence-corrected chi connectivity index (χ1v) is 11.5. The molecular formula is C24H30ClN5O3. The number of carbonyl (C=O) groups excluding carboxylic acids is 3. The SMILES string of the molecule is CC(C)(C)CC(NC(=O)c1cc2cccc(Cl)c2[nH]1)C(=O)NC(C#N)C[C@@H]1CCCNC1=O. The maximum Gasteiger partial charge on any atom is 0.268 e. The van der Waals surface area contributed by atoms with Crippen LogP contribution in [0.1, 0.15) is 56.9 Å². The van der Waals surface area contributed by atoms with Crippen LogP contribution in [-0.2, 0) is 9.59 Å². The van der Waals surface area contributed by atoms with Crippen molar-refractivity contribution >= 4 is 40.2 Å². The summed E-state index contributed by atoms with van der Waals surface area (Å²) in [6.45, 7) is 6.54. The molecule has 0 radical (unpaired) electrons. The molecule has 0 bridgehead atoms. The van der Waals surface area contributed by atoms with Crippen molar-refractivity contribution in [3.05, 3.63) is 35.0 Å². The molecule has 1 aliphatic rings. The number of hydrogen-bond acceptors (Lipinski definition) is 4. The van der Waals surface area contributed by atoms with E-state index in [1.165, 1.54) is 0 Å². The van der Waals surface area contributed by atoms with Gasteiger partial charge in [0.1, 0.15) is 17.8 Å². The van der Waals surface area contributed by atoms with Crippen molar-refractivity contribution in [3.8, 4) is 6.07 Å². The number of fused-ring (bicyclic) bond motifs is 1. The van der Waals surface area contributed by atoms with Crippen LogP contribution in [0.25, 0.3) is 10.9 Å². The lowest BCUT2D eigenvalue weighted by atomic mass is 9.87. The Morgan fingerprint density at radius 3 is 2.70 bits per heavy atom. The summed E-state index contributed by atoms with van der Waals surface area (Å²) < 4.78 is 0. The number of carbonyl (C=O) groups is 3. The summed E-state index contributed by atoms with van der Waals surface area (Å²) in [6, 6.07) is 7.46. The summed E-state index contributed by atoms with van der Waals surface area (Å²) in [7, 11) is 0. The Morgan fingerprint density at radius 2 is 2.06 bits per heavy atom. The number of nitrogens with zero attached hydrogens (tertiary/aromatic N) is 1. The molecule has 3 rings (SSSR count). The number of H-pyrrole nitrogens is 1. The van der Waals surface area contributed by atoms with E-state index in [9.17, 15) is 19.6 Å². The number of rotatable bonds is 7. The molecule has 1 aromatic heterocycles. The van der Waals surface area contributed by atoms with E-state index in [-0.39, 0.29) is 23.7 Å². The maximum atomic E-state index is 13.1. The number of nitriles is 1. The fourth-order valence-electron chi connectivity index (χ4n) is 4.06. The van der Waals surface area contributed by atoms with Gasteiger partial charge in [-0.2, -0.15) is 5.26 Å².